The third-order valence-corrected chi connectivity index (χ3v) is 0.738. The molecule has 0 aliphatic rings. The molecule has 1 amide bonds. The van der Waals surface area contributed by atoms with Crippen LogP contribution in [0.15, 0.2) is 17.4 Å². The zero-order valence-corrected chi connectivity index (χ0v) is 5.99. The lowest BCUT2D eigenvalue weighted by Crippen LogP contribution is -2.13. The molecule has 0 rings (SSSR count). The van der Waals surface area contributed by atoms with E-state index in [2.05, 4.69) is 11.0 Å². The Morgan fingerprint density at radius 1 is 1.56 bits per heavy atom. The van der Waals surface area contributed by atoms with Gasteiger partial charge in [-0.2, -0.15) is 0 Å². The molecule has 0 bridgehead atoms. The lowest BCUT2D eigenvalue weighted by molar-refractivity contribution is -0.116. The molecule has 0 fully saturated rings. The van der Waals surface area contributed by atoms with Crippen LogP contribution in [-0.2, 0) is 4.79 Å². The lowest BCUT2D eigenvalue weighted by atomic mass is 10.3. The van der Waals surface area contributed by atoms with E-state index in [9.17, 15) is 4.79 Å². The summed E-state index contributed by atoms with van der Waals surface area (Å²) in [5.74, 6) is -0.115. The second-order valence-electron chi connectivity index (χ2n) is 1.90. The number of rotatable bonds is 1. The van der Waals surface area contributed by atoms with Crippen LogP contribution in [0.25, 0.3) is 0 Å². The first-order valence-corrected chi connectivity index (χ1v) is 2.78. The number of carbonyl (C=O) groups is 1. The predicted molar refractivity (Wildman–Crippen MR) is 37.0 cm³/mol. The maximum atomic E-state index is 10.5. The second kappa shape index (κ2) is 3.93. The van der Waals surface area contributed by atoms with Crippen LogP contribution in [0.5, 0.6) is 0 Å². The maximum Gasteiger partial charge on any atom is 0.251 e. The predicted octanol–water partition coefficient (Wildman–Crippen LogP) is 0.854. The van der Waals surface area contributed by atoms with Crippen molar-refractivity contribution in [3.05, 3.63) is 17.4 Å². The van der Waals surface area contributed by atoms with Gasteiger partial charge in [-0.3, -0.25) is 4.79 Å². The van der Waals surface area contributed by atoms with Gasteiger partial charge in [0.2, 0.25) is 0 Å². The molecule has 2 nitrogen and oxygen atoms in total. The molecule has 0 heterocycles. The Bertz CT molecular complexity index is 160. The van der Waals surface area contributed by atoms with Crippen LogP contribution in [0.4, 0.5) is 0 Å². The quantitative estimate of drug-likeness (QED) is 0.408. The molecule has 9 heavy (non-hydrogen) atoms. The van der Waals surface area contributed by atoms with E-state index < -0.39 is 0 Å². The fourth-order valence-electron chi connectivity index (χ4n) is 0.282. The van der Waals surface area contributed by atoms with Gasteiger partial charge in [-0.05, 0) is 19.4 Å². The van der Waals surface area contributed by atoms with Crippen LogP contribution >= 0.6 is 0 Å². The fraction of sp³-hybridized carbons (Fsp3) is 0.429. The summed E-state index contributed by atoms with van der Waals surface area (Å²) >= 11 is 0. The van der Waals surface area contributed by atoms with Crippen molar-refractivity contribution >= 4 is 5.91 Å². The lowest BCUT2D eigenvalue weighted by Gasteiger charge is -1.84. The van der Waals surface area contributed by atoms with Crippen LogP contribution in [0.1, 0.15) is 13.8 Å². The number of amides is 1. The fourth-order valence-corrected chi connectivity index (χ4v) is 0.282. The molecule has 0 aliphatic carbocycles. The van der Waals surface area contributed by atoms with Crippen LogP contribution in [0, 0.1) is 0 Å². The molecule has 0 radical (unpaired) electrons. The standard InChI is InChI=1S/C7H11NO/c1-6(2)4-5-7(9)8-3/h5H,1-3H3,(H,8,9). The van der Waals surface area contributed by atoms with E-state index >= 15 is 0 Å². The molecule has 2 heteroatoms. The van der Waals surface area contributed by atoms with Crippen LogP contribution in [-0.4, -0.2) is 13.0 Å². The third kappa shape index (κ3) is 4.85. The first-order chi connectivity index (χ1) is 4.16. The van der Waals surface area contributed by atoms with Crippen molar-refractivity contribution in [2.24, 2.45) is 0 Å². The molecule has 0 aromatic carbocycles. The number of hydrogen-bond acceptors (Lipinski definition) is 1. The average molecular weight is 125 g/mol. The Labute approximate surface area is 55.3 Å². The van der Waals surface area contributed by atoms with Crippen molar-refractivity contribution in [1.82, 2.24) is 5.32 Å². The topological polar surface area (TPSA) is 29.1 Å². The van der Waals surface area contributed by atoms with Crippen LogP contribution in [0.2, 0.25) is 0 Å². The van der Waals surface area contributed by atoms with E-state index in [4.69, 9.17) is 0 Å². The van der Waals surface area contributed by atoms with Gasteiger partial charge in [0.15, 0.2) is 0 Å². The summed E-state index contributed by atoms with van der Waals surface area (Å²) in [4.78, 5) is 10.5. The highest BCUT2D eigenvalue weighted by molar-refractivity contribution is 5.86. The van der Waals surface area contributed by atoms with E-state index in [0.717, 1.165) is 5.57 Å². The second-order valence-corrected chi connectivity index (χ2v) is 1.90. The van der Waals surface area contributed by atoms with E-state index in [-0.39, 0.29) is 5.91 Å². The van der Waals surface area contributed by atoms with E-state index in [0.29, 0.717) is 0 Å². The Morgan fingerprint density at radius 2 is 2.11 bits per heavy atom. The number of nitrogens with one attached hydrogen (secondary N) is 1. The zero-order chi connectivity index (χ0) is 7.28. The first kappa shape index (κ1) is 7.99. The minimum Gasteiger partial charge on any atom is -0.355 e. The number of carbonyl (C=O) groups excluding carboxylic acids is 1. The summed E-state index contributed by atoms with van der Waals surface area (Å²) in [6.07, 6.45) is 1.38. The Balaban J connectivity index is 4.00. The highest BCUT2D eigenvalue weighted by Gasteiger charge is 1.83. The number of hydrogen-bond donors (Lipinski definition) is 1. The highest BCUT2D eigenvalue weighted by Crippen LogP contribution is 1.81. The van der Waals surface area contributed by atoms with Crippen molar-refractivity contribution in [2.45, 2.75) is 13.8 Å². The molecule has 50 valence electrons. The molecule has 0 saturated carbocycles. The largest absolute Gasteiger partial charge is 0.355 e. The molecule has 0 atom stereocenters. The molecule has 0 unspecified atom stereocenters. The van der Waals surface area contributed by atoms with Gasteiger partial charge in [-0.25, -0.2) is 0 Å². The van der Waals surface area contributed by atoms with Crippen molar-refractivity contribution in [1.29, 1.82) is 0 Å². The van der Waals surface area contributed by atoms with Gasteiger partial charge in [-0.15, -0.1) is 5.73 Å². The van der Waals surface area contributed by atoms with Gasteiger partial charge in [-0.1, -0.05) is 0 Å². The van der Waals surface area contributed by atoms with Crippen molar-refractivity contribution < 1.29 is 4.79 Å². The van der Waals surface area contributed by atoms with Gasteiger partial charge < -0.3 is 5.32 Å². The van der Waals surface area contributed by atoms with Crippen LogP contribution in [0.3, 0.4) is 0 Å². The molecule has 0 aromatic rings. The Kier molecular flexibility index (Phi) is 3.49. The Hall–Kier alpha value is -1.01. The summed E-state index contributed by atoms with van der Waals surface area (Å²) in [7, 11) is 1.59. The monoisotopic (exact) mass is 125 g/mol. The third-order valence-electron chi connectivity index (χ3n) is 0.738. The van der Waals surface area contributed by atoms with Crippen molar-refractivity contribution in [3.63, 3.8) is 0 Å². The summed E-state index contributed by atoms with van der Waals surface area (Å²) in [5.41, 5.74) is 3.77. The summed E-state index contributed by atoms with van der Waals surface area (Å²) in [6, 6.07) is 0. The minimum absolute atomic E-state index is 0.115. The zero-order valence-electron chi connectivity index (χ0n) is 5.99. The van der Waals surface area contributed by atoms with E-state index in [1.54, 1.807) is 7.05 Å². The van der Waals surface area contributed by atoms with Crippen molar-refractivity contribution in [3.8, 4) is 0 Å². The maximum absolute atomic E-state index is 10.5. The summed E-state index contributed by atoms with van der Waals surface area (Å²) < 4.78 is 0. The van der Waals surface area contributed by atoms with Gasteiger partial charge in [0, 0.05) is 13.1 Å². The normalized spacial score (nSPS) is 7.44. The van der Waals surface area contributed by atoms with Crippen LogP contribution < -0.4 is 5.32 Å². The summed E-state index contributed by atoms with van der Waals surface area (Å²) in [6.45, 7) is 3.78. The summed E-state index contributed by atoms with van der Waals surface area (Å²) in [5, 5.41) is 2.45. The molecule has 0 aromatic heterocycles. The number of likely N-dealkylation sites (N-methyl/N-ethyl adjacent to an activating group) is 1. The van der Waals surface area contributed by atoms with Gasteiger partial charge >= 0.3 is 0 Å². The highest BCUT2D eigenvalue weighted by atomic mass is 16.1. The molecule has 0 saturated heterocycles. The Morgan fingerprint density at radius 3 is 2.44 bits per heavy atom. The van der Waals surface area contributed by atoms with E-state index in [1.807, 2.05) is 13.8 Å². The SMILES string of the molecule is CNC(=O)C=C=C(C)C. The van der Waals surface area contributed by atoms with Gasteiger partial charge in [0.05, 0.1) is 0 Å². The minimum atomic E-state index is -0.115. The molecule has 0 spiro atoms. The van der Waals surface area contributed by atoms with Gasteiger partial charge in [0.25, 0.3) is 5.91 Å². The average Bonchev–Trinajstić information content (AvgIpc) is 1.83. The van der Waals surface area contributed by atoms with Crippen molar-refractivity contribution in [2.75, 3.05) is 7.05 Å². The molecular weight excluding hydrogens is 114 g/mol. The molecule has 1 N–H and O–H groups in total. The molecular formula is C7H11NO. The molecule has 0 aliphatic heterocycles. The smallest absolute Gasteiger partial charge is 0.251 e. The van der Waals surface area contributed by atoms with Gasteiger partial charge in [0.1, 0.15) is 0 Å². The van der Waals surface area contributed by atoms with E-state index in [1.165, 1.54) is 6.08 Å². The first-order valence-electron chi connectivity index (χ1n) is 2.78.